The quantitative estimate of drug-likeness (QED) is 0.614. The Hall–Kier alpha value is -2.32. The van der Waals surface area contributed by atoms with Crippen molar-refractivity contribution in [3.05, 3.63) is 57.6 Å². The Kier molecular flexibility index (Phi) is 4.96. The zero-order valence-electron chi connectivity index (χ0n) is 11.3. The van der Waals surface area contributed by atoms with Crippen molar-refractivity contribution in [2.75, 3.05) is 0 Å². The number of rotatable bonds is 4. The highest BCUT2D eigenvalue weighted by molar-refractivity contribution is 9.10. The number of nitrogens with zero attached hydrogens (tertiary/aromatic N) is 2. The van der Waals surface area contributed by atoms with E-state index in [1.54, 1.807) is 18.2 Å². The molecule has 2 aromatic carbocycles. The topological polar surface area (TPSA) is 58.9 Å². The fraction of sp³-hybridized carbons (Fsp3) is 0.125. The van der Waals surface area contributed by atoms with Crippen molar-refractivity contribution in [3.8, 4) is 0 Å². The standard InChI is InChI=1S/C16H11BrN2O2/c1-11-2-4-14(17)7-13(11)6-12-3-5-15(18-9-20)8-16(12)19-10-21/h2-5,7-8H,6H2,1H3. The predicted octanol–water partition coefficient (Wildman–Crippen LogP) is 4.28. The molecule has 0 saturated carbocycles. The van der Waals surface area contributed by atoms with E-state index in [1.165, 1.54) is 12.2 Å². The molecule has 0 aliphatic rings. The lowest BCUT2D eigenvalue weighted by molar-refractivity contribution is 0.565. The highest BCUT2D eigenvalue weighted by atomic mass is 79.9. The van der Waals surface area contributed by atoms with E-state index in [-0.39, 0.29) is 0 Å². The van der Waals surface area contributed by atoms with Gasteiger partial charge in [0.05, 0.1) is 11.4 Å². The number of isocyanates is 2. The second-order valence-corrected chi connectivity index (χ2v) is 5.38. The van der Waals surface area contributed by atoms with Gasteiger partial charge >= 0.3 is 0 Å². The molecule has 0 atom stereocenters. The molecule has 2 rings (SSSR count). The summed E-state index contributed by atoms with van der Waals surface area (Å²) >= 11 is 3.45. The van der Waals surface area contributed by atoms with Crippen molar-refractivity contribution in [2.45, 2.75) is 13.3 Å². The lowest BCUT2D eigenvalue weighted by Crippen LogP contribution is -1.92. The molecule has 0 N–H and O–H groups in total. The number of carbonyl (C=O) groups excluding carboxylic acids is 2. The second kappa shape index (κ2) is 6.91. The lowest BCUT2D eigenvalue weighted by atomic mass is 9.99. The predicted molar refractivity (Wildman–Crippen MR) is 83.7 cm³/mol. The van der Waals surface area contributed by atoms with E-state index in [1.807, 2.05) is 25.1 Å². The van der Waals surface area contributed by atoms with E-state index in [9.17, 15) is 9.59 Å². The number of hydrogen-bond donors (Lipinski definition) is 0. The number of hydrogen-bond acceptors (Lipinski definition) is 4. The summed E-state index contributed by atoms with van der Waals surface area (Å²) in [5.74, 6) is 0. The first-order valence-electron chi connectivity index (χ1n) is 6.17. The van der Waals surface area contributed by atoms with Crippen LogP contribution in [0.4, 0.5) is 11.4 Å². The smallest absolute Gasteiger partial charge is 0.211 e. The molecule has 0 heterocycles. The molecule has 5 heteroatoms. The molecule has 104 valence electrons. The molecule has 0 unspecified atom stereocenters. The molecule has 0 spiro atoms. The largest absolute Gasteiger partial charge is 0.240 e. The Bertz CT molecular complexity index is 774. The first kappa shape index (κ1) is 15.1. The number of benzene rings is 2. The van der Waals surface area contributed by atoms with Crippen LogP contribution in [0.25, 0.3) is 0 Å². The van der Waals surface area contributed by atoms with Gasteiger partial charge in [-0.05, 0) is 54.3 Å². The second-order valence-electron chi connectivity index (χ2n) is 4.47. The van der Waals surface area contributed by atoms with Crippen molar-refractivity contribution in [1.29, 1.82) is 0 Å². The number of halogens is 1. The molecule has 0 aliphatic carbocycles. The van der Waals surface area contributed by atoms with E-state index in [4.69, 9.17) is 0 Å². The van der Waals surface area contributed by atoms with Gasteiger partial charge in [0.25, 0.3) is 0 Å². The third-order valence-electron chi connectivity index (χ3n) is 3.10. The summed E-state index contributed by atoms with van der Waals surface area (Å²) in [7, 11) is 0. The Balaban J connectivity index is 2.45. The summed E-state index contributed by atoms with van der Waals surface area (Å²) in [6, 6.07) is 11.1. The van der Waals surface area contributed by atoms with Crippen LogP contribution in [-0.4, -0.2) is 12.2 Å². The van der Waals surface area contributed by atoms with Crippen molar-refractivity contribution >= 4 is 39.5 Å². The summed E-state index contributed by atoms with van der Waals surface area (Å²) in [6.45, 7) is 2.02. The van der Waals surface area contributed by atoms with Crippen LogP contribution in [0.2, 0.25) is 0 Å². The maximum absolute atomic E-state index is 10.6. The third kappa shape index (κ3) is 3.83. The summed E-state index contributed by atoms with van der Waals surface area (Å²) in [5, 5.41) is 0. The van der Waals surface area contributed by atoms with Gasteiger partial charge in [0.1, 0.15) is 0 Å². The number of aliphatic imine (C=N–C) groups is 2. The Morgan fingerprint density at radius 2 is 1.76 bits per heavy atom. The molecular formula is C16H11BrN2O2. The monoisotopic (exact) mass is 342 g/mol. The molecule has 0 aliphatic heterocycles. The van der Waals surface area contributed by atoms with Gasteiger partial charge in [-0.25, -0.2) is 9.59 Å². The Morgan fingerprint density at radius 1 is 1.00 bits per heavy atom. The summed E-state index contributed by atoms with van der Waals surface area (Å²) in [6.07, 6.45) is 3.62. The lowest BCUT2D eigenvalue weighted by Gasteiger charge is -2.09. The zero-order chi connectivity index (χ0) is 15.2. The van der Waals surface area contributed by atoms with Crippen LogP contribution >= 0.6 is 15.9 Å². The SMILES string of the molecule is Cc1ccc(Br)cc1Cc1ccc(N=C=O)cc1N=C=O. The summed E-state index contributed by atoms with van der Waals surface area (Å²) < 4.78 is 0.991. The van der Waals surface area contributed by atoms with E-state index < -0.39 is 0 Å². The first-order valence-corrected chi connectivity index (χ1v) is 6.97. The van der Waals surface area contributed by atoms with Gasteiger partial charge in [-0.1, -0.05) is 28.1 Å². The van der Waals surface area contributed by atoms with Crippen molar-refractivity contribution in [2.24, 2.45) is 9.98 Å². The Morgan fingerprint density at radius 3 is 2.48 bits per heavy atom. The highest BCUT2D eigenvalue weighted by Crippen LogP contribution is 2.28. The highest BCUT2D eigenvalue weighted by Gasteiger charge is 2.07. The fourth-order valence-electron chi connectivity index (χ4n) is 2.01. The normalized spacial score (nSPS) is 9.62. The molecule has 4 nitrogen and oxygen atoms in total. The molecule has 0 amide bonds. The molecule has 0 bridgehead atoms. The van der Waals surface area contributed by atoms with E-state index in [2.05, 4.69) is 25.9 Å². The van der Waals surface area contributed by atoms with E-state index >= 15 is 0 Å². The third-order valence-corrected chi connectivity index (χ3v) is 3.60. The maximum Gasteiger partial charge on any atom is 0.240 e. The van der Waals surface area contributed by atoms with Crippen LogP contribution in [0.5, 0.6) is 0 Å². The van der Waals surface area contributed by atoms with Crippen LogP contribution in [-0.2, 0) is 16.0 Å². The molecule has 21 heavy (non-hydrogen) atoms. The molecule has 0 radical (unpaired) electrons. The van der Waals surface area contributed by atoms with Crippen LogP contribution < -0.4 is 0 Å². The van der Waals surface area contributed by atoms with Gasteiger partial charge in [-0.3, -0.25) is 0 Å². The average Bonchev–Trinajstić information content (AvgIpc) is 2.46. The molecule has 0 aromatic heterocycles. The van der Waals surface area contributed by atoms with Crippen molar-refractivity contribution in [3.63, 3.8) is 0 Å². The molecule has 2 aromatic rings. The van der Waals surface area contributed by atoms with Gasteiger partial charge in [-0.15, -0.1) is 0 Å². The van der Waals surface area contributed by atoms with Gasteiger partial charge in [0.2, 0.25) is 12.2 Å². The number of aryl methyl sites for hydroxylation is 1. The van der Waals surface area contributed by atoms with Crippen LogP contribution in [0.1, 0.15) is 16.7 Å². The van der Waals surface area contributed by atoms with Crippen molar-refractivity contribution < 1.29 is 9.59 Å². The molecule has 0 fully saturated rings. The summed E-state index contributed by atoms with van der Waals surface area (Å²) in [4.78, 5) is 28.1. The van der Waals surface area contributed by atoms with Crippen LogP contribution in [0, 0.1) is 6.92 Å². The van der Waals surface area contributed by atoms with Gasteiger partial charge in [-0.2, -0.15) is 9.98 Å². The van der Waals surface area contributed by atoms with Crippen LogP contribution in [0.3, 0.4) is 0 Å². The zero-order valence-corrected chi connectivity index (χ0v) is 12.8. The average molecular weight is 343 g/mol. The minimum Gasteiger partial charge on any atom is -0.211 e. The fourth-order valence-corrected chi connectivity index (χ4v) is 2.42. The van der Waals surface area contributed by atoms with Gasteiger partial charge < -0.3 is 0 Å². The molecular weight excluding hydrogens is 332 g/mol. The van der Waals surface area contributed by atoms with Crippen molar-refractivity contribution in [1.82, 2.24) is 0 Å². The van der Waals surface area contributed by atoms with E-state index in [0.29, 0.717) is 17.8 Å². The van der Waals surface area contributed by atoms with Gasteiger partial charge in [0, 0.05) is 4.47 Å². The van der Waals surface area contributed by atoms with E-state index in [0.717, 1.165) is 21.2 Å². The van der Waals surface area contributed by atoms with Gasteiger partial charge in [0.15, 0.2) is 0 Å². The first-order chi connectivity index (χ1) is 10.1. The molecule has 0 saturated heterocycles. The van der Waals surface area contributed by atoms with Crippen LogP contribution in [0.15, 0.2) is 50.9 Å². The minimum atomic E-state index is 0.411. The minimum absolute atomic E-state index is 0.411. The summed E-state index contributed by atoms with van der Waals surface area (Å²) in [5.41, 5.74) is 4.01. The Labute approximate surface area is 130 Å². The maximum atomic E-state index is 10.6.